The molecule has 35 heavy (non-hydrogen) atoms. The molecule has 0 radical (unpaired) electrons. The maximum Gasteiger partial charge on any atom is 0.112 e. The van der Waals surface area contributed by atoms with Gasteiger partial charge in [-0.05, 0) is 91.4 Å². The van der Waals surface area contributed by atoms with Crippen molar-refractivity contribution in [2.45, 2.75) is 103 Å². The summed E-state index contributed by atoms with van der Waals surface area (Å²) in [5.41, 5.74) is 8.59. The van der Waals surface area contributed by atoms with E-state index >= 15 is 0 Å². The molecule has 1 saturated heterocycles. The lowest BCUT2D eigenvalue weighted by atomic mass is 9.40. The molecule has 0 aromatic carbocycles. The van der Waals surface area contributed by atoms with Crippen molar-refractivity contribution in [1.82, 2.24) is 0 Å². The van der Waals surface area contributed by atoms with Crippen LogP contribution in [0.25, 0.3) is 0 Å². The van der Waals surface area contributed by atoms with E-state index in [1.54, 1.807) is 0 Å². The van der Waals surface area contributed by atoms with Crippen LogP contribution < -0.4 is 5.73 Å². The van der Waals surface area contributed by atoms with Gasteiger partial charge < -0.3 is 15.2 Å². The normalized spacial score (nSPS) is 52.7. The monoisotopic (exact) mass is 499 g/mol. The Hall–Kier alpha value is -0.450. The van der Waals surface area contributed by atoms with Crippen LogP contribution in [0.1, 0.15) is 86.5 Å². The summed E-state index contributed by atoms with van der Waals surface area (Å²) in [4.78, 5) is 0. The maximum absolute atomic E-state index is 6.56. The van der Waals surface area contributed by atoms with E-state index < -0.39 is 0 Å². The van der Waals surface area contributed by atoms with E-state index in [1.807, 2.05) is 5.57 Å². The third-order valence-electron chi connectivity index (χ3n) is 12.8. The second-order valence-corrected chi connectivity index (χ2v) is 15.5. The zero-order valence-corrected chi connectivity index (χ0v) is 23.9. The number of fused-ring (bicyclic) bond motifs is 3. The Morgan fingerprint density at radius 2 is 2.00 bits per heavy atom. The van der Waals surface area contributed by atoms with Crippen molar-refractivity contribution in [1.29, 1.82) is 0 Å². The molecule has 4 aliphatic carbocycles. The molecular formula is C31H49NO2S. The van der Waals surface area contributed by atoms with Crippen LogP contribution in [-0.4, -0.2) is 35.4 Å². The summed E-state index contributed by atoms with van der Waals surface area (Å²) in [5.74, 6) is 4.53. The highest BCUT2D eigenvalue weighted by Gasteiger charge is 2.72. The summed E-state index contributed by atoms with van der Waals surface area (Å²) in [5, 5.41) is 0. The molecule has 2 aliphatic heterocycles. The molecular weight excluding hydrogens is 450 g/mol. The molecule has 2 N–H and O–H groups in total. The van der Waals surface area contributed by atoms with Crippen LogP contribution in [0.3, 0.4) is 0 Å². The number of rotatable bonds is 5. The van der Waals surface area contributed by atoms with Crippen molar-refractivity contribution in [3.05, 3.63) is 24.0 Å². The minimum absolute atomic E-state index is 0.0234. The van der Waals surface area contributed by atoms with Crippen LogP contribution in [0.2, 0.25) is 0 Å². The highest BCUT2D eigenvalue weighted by Crippen LogP contribution is 2.76. The van der Waals surface area contributed by atoms with Crippen molar-refractivity contribution in [2.75, 3.05) is 18.9 Å². The molecule has 4 bridgehead atoms. The first-order valence-electron chi connectivity index (χ1n) is 14.6. The largest absolute Gasteiger partial charge is 0.495 e. The zero-order valence-electron chi connectivity index (χ0n) is 23.1. The van der Waals surface area contributed by atoms with Gasteiger partial charge in [0.05, 0.1) is 19.0 Å². The highest BCUT2D eigenvalue weighted by atomic mass is 32.2. The number of nitrogens with two attached hydrogens (primary N) is 1. The van der Waals surface area contributed by atoms with E-state index in [9.17, 15) is 0 Å². The van der Waals surface area contributed by atoms with Crippen molar-refractivity contribution in [2.24, 2.45) is 51.6 Å². The van der Waals surface area contributed by atoms with Gasteiger partial charge in [-0.3, -0.25) is 0 Å². The van der Waals surface area contributed by atoms with Crippen LogP contribution in [0.4, 0.5) is 0 Å². The second-order valence-electron chi connectivity index (χ2n) is 14.2. The van der Waals surface area contributed by atoms with E-state index in [2.05, 4.69) is 71.7 Å². The fourth-order valence-electron chi connectivity index (χ4n) is 10.6. The zero-order chi connectivity index (χ0) is 24.9. The van der Waals surface area contributed by atoms with Crippen molar-refractivity contribution < 1.29 is 9.47 Å². The lowest BCUT2D eigenvalue weighted by Crippen LogP contribution is -2.63. The van der Waals surface area contributed by atoms with Gasteiger partial charge in [0.2, 0.25) is 0 Å². The van der Waals surface area contributed by atoms with E-state index in [-0.39, 0.29) is 16.4 Å². The maximum atomic E-state index is 6.56. The van der Waals surface area contributed by atoms with E-state index in [0.717, 1.165) is 17.6 Å². The van der Waals surface area contributed by atoms with E-state index in [0.29, 0.717) is 47.2 Å². The van der Waals surface area contributed by atoms with Crippen molar-refractivity contribution in [3.8, 4) is 0 Å². The Bertz CT molecular complexity index is 931. The average Bonchev–Trinajstić information content (AvgIpc) is 3.00. The predicted molar refractivity (Wildman–Crippen MR) is 146 cm³/mol. The smallest absolute Gasteiger partial charge is 0.112 e. The molecule has 1 spiro atoms. The van der Waals surface area contributed by atoms with Crippen molar-refractivity contribution >= 4 is 11.8 Å². The second kappa shape index (κ2) is 8.03. The van der Waals surface area contributed by atoms with E-state index in [4.69, 9.17) is 15.2 Å². The van der Waals surface area contributed by atoms with Crippen LogP contribution in [0, 0.1) is 45.8 Å². The molecule has 4 heteroatoms. The lowest BCUT2D eigenvalue weighted by molar-refractivity contribution is -0.172. The number of allylic oxidation sites excluding steroid dienone is 2. The lowest BCUT2D eigenvalue weighted by Gasteiger charge is -2.67. The summed E-state index contributed by atoms with van der Waals surface area (Å²) in [7, 11) is 0. The van der Waals surface area contributed by atoms with Gasteiger partial charge >= 0.3 is 0 Å². The molecule has 4 fully saturated rings. The van der Waals surface area contributed by atoms with Crippen LogP contribution in [-0.2, 0) is 9.47 Å². The van der Waals surface area contributed by atoms with Crippen molar-refractivity contribution in [3.63, 3.8) is 0 Å². The van der Waals surface area contributed by atoms with Gasteiger partial charge in [-0.2, -0.15) is 0 Å². The van der Waals surface area contributed by atoms with Crippen LogP contribution in [0.15, 0.2) is 24.0 Å². The van der Waals surface area contributed by atoms with Crippen LogP contribution >= 0.6 is 11.8 Å². The van der Waals surface area contributed by atoms with Gasteiger partial charge in [-0.1, -0.05) is 53.2 Å². The van der Waals surface area contributed by atoms with Gasteiger partial charge in [-0.15, -0.1) is 11.8 Å². The summed E-state index contributed by atoms with van der Waals surface area (Å²) in [6, 6.07) is 0. The fraction of sp³-hybridized carbons (Fsp3) is 0.871. The third kappa shape index (κ3) is 3.00. The Kier molecular flexibility index (Phi) is 5.70. The molecule has 0 aromatic heterocycles. The van der Waals surface area contributed by atoms with E-state index in [1.165, 1.54) is 44.9 Å². The summed E-state index contributed by atoms with van der Waals surface area (Å²) in [6.45, 7) is 16.3. The molecule has 196 valence electrons. The molecule has 3 nitrogen and oxygen atoms in total. The van der Waals surface area contributed by atoms with Gasteiger partial charge in [0, 0.05) is 22.5 Å². The Morgan fingerprint density at radius 1 is 1.20 bits per heavy atom. The van der Waals surface area contributed by atoms with Gasteiger partial charge in [-0.25, -0.2) is 0 Å². The van der Waals surface area contributed by atoms with Gasteiger partial charge in [0.15, 0.2) is 0 Å². The van der Waals surface area contributed by atoms with Gasteiger partial charge in [0.1, 0.15) is 5.60 Å². The minimum Gasteiger partial charge on any atom is -0.495 e. The minimum atomic E-state index is 0.0234. The molecule has 6 aliphatic rings. The number of thioether (sulfide) groups is 1. The molecule has 10 atom stereocenters. The highest BCUT2D eigenvalue weighted by molar-refractivity contribution is 8.01. The number of hydrogen-bond acceptors (Lipinski definition) is 4. The Balaban J connectivity index is 1.38. The molecule has 6 rings (SSSR count). The Labute approximate surface area is 218 Å². The Morgan fingerprint density at radius 3 is 2.74 bits per heavy atom. The molecule has 6 unspecified atom stereocenters. The summed E-state index contributed by atoms with van der Waals surface area (Å²) >= 11 is 2.28. The number of hydrogen-bond donors (Lipinski definition) is 1. The molecule has 0 amide bonds. The predicted octanol–water partition coefficient (Wildman–Crippen LogP) is 6.97. The average molecular weight is 500 g/mol. The number of ether oxygens (including phenoxy) is 2. The quantitative estimate of drug-likeness (QED) is 0.415. The molecule has 3 saturated carbocycles. The first kappa shape index (κ1) is 24.9. The van der Waals surface area contributed by atoms with Crippen LogP contribution in [0.5, 0.6) is 0 Å². The SMILES string of the molecule is CC(C)[C@@H](C)[C@]12CCC3(C)C4CCC5C6(SCC(OCCN)[C@@]5(C)CC6C)C4=CC[C@@]3(C=CO1)C2. The summed E-state index contributed by atoms with van der Waals surface area (Å²) in [6.07, 6.45) is 16.7. The summed E-state index contributed by atoms with van der Waals surface area (Å²) < 4.78 is 13.3. The topological polar surface area (TPSA) is 44.5 Å². The molecule has 2 heterocycles. The first-order chi connectivity index (χ1) is 16.6. The first-order valence-corrected chi connectivity index (χ1v) is 15.6. The fourth-order valence-corrected chi connectivity index (χ4v) is 12.8. The third-order valence-corrected chi connectivity index (χ3v) is 14.7. The van der Waals surface area contributed by atoms with Gasteiger partial charge in [0.25, 0.3) is 0 Å². The standard InChI is InChI=1S/C31H49NO2S/c1-20(2)22(4)30-12-11-28(6)23-7-8-25-27(5)17-21(3)31(25,35-18-26(27)33-16-14-32)24(23)9-10-29(28,19-30)13-15-34-30/h9,13,15,20-23,25-26H,7-8,10-12,14,16-19,32H2,1-6H3/t21?,22-,23?,25?,26?,27+,28?,29-,30-,31?/m1/s1. The molecule has 0 aromatic rings.